The van der Waals surface area contributed by atoms with Crippen LogP contribution >= 0.6 is 27.3 Å². The Morgan fingerprint density at radius 2 is 2.17 bits per heavy atom. The first-order chi connectivity index (χ1) is 8.63. The highest BCUT2D eigenvalue weighted by molar-refractivity contribution is 9.10. The van der Waals surface area contributed by atoms with Crippen molar-refractivity contribution >= 4 is 33.2 Å². The van der Waals surface area contributed by atoms with Gasteiger partial charge in [-0.15, -0.1) is 11.3 Å². The molecule has 0 aromatic carbocycles. The monoisotopic (exact) mass is 330 g/mol. The Balaban J connectivity index is 2.09. The molecule has 1 fully saturated rings. The molecule has 2 rings (SSSR count). The molecule has 1 aromatic rings. The largest absolute Gasteiger partial charge is 0.335 e. The molecule has 1 aromatic heterocycles. The third-order valence-electron chi connectivity index (χ3n) is 3.60. The Bertz CT molecular complexity index is 413. The van der Waals surface area contributed by atoms with Crippen molar-refractivity contribution < 1.29 is 4.79 Å². The highest BCUT2D eigenvalue weighted by Crippen LogP contribution is 2.28. The van der Waals surface area contributed by atoms with Gasteiger partial charge in [0.15, 0.2) is 0 Å². The minimum atomic E-state index is 0.153. The third kappa shape index (κ3) is 2.95. The third-order valence-corrected chi connectivity index (χ3v) is 5.42. The molecule has 1 aliphatic carbocycles. The lowest BCUT2D eigenvalue weighted by Gasteiger charge is -2.35. The molecule has 2 N–H and O–H groups in total. The molecule has 0 radical (unpaired) electrons. The van der Waals surface area contributed by atoms with Gasteiger partial charge in [-0.25, -0.2) is 0 Å². The molecule has 18 heavy (non-hydrogen) atoms. The van der Waals surface area contributed by atoms with Crippen molar-refractivity contribution in [1.29, 1.82) is 0 Å². The Kier molecular flexibility index (Phi) is 4.81. The van der Waals surface area contributed by atoms with E-state index in [-0.39, 0.29) is 5.91 Å². The number of hydrogen-bond donors (Lipinski definition) is 1. The zero-order valence-corrected chi connectivity index (χ0v) is 13.0. The van der Waals surface area contributed by atoms with Crippen LogP contribution in [0.1, 0.15) is 42.3 Å². The topological polar surface area (TPSA) is 46.3 Å². The number of amides is 1. The molecule has 5 heteroatoms. The molecule has 1 amide bonds. The van der Waals surface area contributed by atoms with Crippen molar-refractivity contribution in [3.8, 4) is 0 Å². The van der Waals surface area contributed by atoms with E-state index in [0.29, 0.717) is 12.1 Å². The summed E-state index contributed by atoms with van der Waals surface area (Å²) in [6.45, 7) is 2.82. The predicted molar refractivity (Wildman–Crippen MR) is 79.0 cm³/mol. The van der Waals surface area contributed by atoms with E-state index < -0.39 is 0 Å². The molecule has 0 aliphatic heterocycles. The normalized spacial score (nSPS) is 23.9. The highest BCUT2D eigenvalue weighted by Gasteiger charge is 2.28. The van der Waals surface area contributed by atoms with Crippen molar-refractivity contribution in [1.82, 2.24) is 4.90 Å². The van der Waals surface area contributed by atoms with Gasteiger partial charge in [0.2, 0.25) is 0 Å². The van der Waals surface area contributed by atoms with E-state index in [1.54, 1.807) is 0 Å². The molecule has 3 nitrogen and oxygen atoms in total. The maximum absolute atomic E-state index is 12.5. The number of rotatable bonds is 3. The van der Waals surface area contributed by atoms with Gasteiger partial charge in [0, 0.05) is 23.1 Å². The number of hydrogen-bond acceptors (Lipinski definition) is 3. The van der Waals surface area contributed by atoms with Crippen LogP contribution in [0.25, 0.3) is 0 Å². The summed E-state index contributed by atoms with van der Waals surface area (Å²) >= 11 is 4.94. The first-order valence-corrected chi connectivity index (χ1v) is 8.10. The summed E-state index contributed by atoms with van der Waals surface area (Å²) in [6.07, 6.45) is 4.12. The van der Waals surface area contributed by atoms with Crippen LogP contribution in [0.3, 0.4) is 0 Å². The average molecular weight is 331 g/mol. The van der Waals surface area contributed by atoms with Crippen LogP contribution in [0.2, 0.25) is 0 Å². The summed E-state index contributed by atoms with van der Waals surface area (Å²) in [5, 5.41) is 1.95. The summed E-state index contributed by atoms with van der Waals surface area (Å²) in [7, 11) is 0. The molecule has 1 heterocycles. The number of nitrogens with zero attached hydrogens (tertiary/aromatic N) is 1. The standard InChI is InChI=1S/C13H19BrN2OS/c1-2-16(10-5-3-9(15)4-6-10)13(17)12-11(14)7-8-18-12/h7-10H,2-6,15H2,1H3. The lowest BCUT2D eigenvalue weighted by Crippen LogP contribution is -2.44. The van der Waals surface area contributed by atoms with E-state index in [9.17, 15) is 4.79 Å². The molecule has 0 bridgehead atoms. The Morgan fingerprint density at radius 1 is 1.50 bits per heavy atom. The van der Waals surface area contributed by atoms with E-state index >= 15 is 0 Å². The van der Waals surface area contributed by atoms with Gasteiger partial charge in [-0.2, -0.15) is 0 Å². The van der Waals surface area contributed by atoms with Gasteiger partial charge in [-0.05, 0) is 60.0 Å². The zero-order valence-electron chi connectivity index (χ0n) is 10.6. The second-order valence-electron chi connectivity index (χ2n) is 4.76. The molecule has 100 valence electrons. The van der Waals surface area contributed by atoms with Crippen molar-refractivity contribution in [3.63, 3.8) is 0 Å². The van der Waals surface area contributed by atoms with Gasteiger partial charge in [-0.1, -0.05) is 0 Å². The minimum Gasteiger partial charge on any atom is -0.335 e. The van der Waals surface area contributed by atoms with Gasteiger partial charge in [-0.3, -0.25) is 4.79 Å². The Hall–Kier alpha value is -0.390. The quantitative estimate of drug-likeness (QED) is 0.924. The maximum atomic E-state index is 12.5. The average Bonchev–Trinajstić information content (AvgIpc) is 2.78. The van der Waals surface area contributed by atoms with Gasteiger partial charge >= 0.3 is 0 Å². The van der Waals surface area contributed by atoms with Crippen molar-refractivity contribution in [3.05, 3.63) is 20.8 Å². The van der Waals surface area contributed by atoms with E-state index in [0.717, 1.165) is 41.6 Å². The van der Waals surface area contributed by atoms with Crippen molar-refractivity contribution in [2.45, 2.75) is 44.7 Å². The van der Waals surface area contributed by atoms with E-state index in [1.165, 1.54) is 11.3 Å². The fourth-order valence-electron chi connectivity index (χ4n) is 2.56. The molecular formula is C13H19BrN2OS. The molecule has 0 saturated heterocycles. The van der Waals surface area contributed by atoms with Crippen LogP contribution in [0.4, 0.5) is 0 Å². The smallest absolute Gasteiger partial charge is 0.265 e. The van der Waals surface area contributed by atoms with Crippen LogP contribution in [-0.4, -0.2) is 29.4 Å². The molecule has 0 unspecified atom stereocenters. The fourth-order valence-corrected chi connectivity index (χ4v) is 4.05. The van der Waals surface area contributed by atoms with Crippen LogP contribution < -0.4 is 5.73 Å². The molecule has 1 saturated carbocycles. The van der Waals surface area contributed by atoms with Gasteiger partial charge in [0.25, 0.3) is 5.91 Å². The van der Waals surface area contributed by atoms with E-state index in [1.807, 2.05) is 23.3 Å². The molecular weight excluding hydrogens is 312 g/mol. The molecule has 0 atom stereocenters. The van der Waals surface area contributed by atoms with Crippen LogP contribution in [0, 0.1) is 0 Å². The lowest BCUT2D eigenvalue weighted by atomic mass is 9.90. The van der Waals surface area contributed by atoms with E-state index in [4.69, 9.17) is 5.73 Å². The zero-order chi connectivity index (χ0) is 13.1. The summed E-state index contributed by atoms with van der Waals surface area (Å²) in [5.41, 5.74) is 5.92. The number of carbonyl (C=O) groups is 1. The van der Waals surface area contributed by atoms with Crippen LogP contribution in [-0.2, 0) is 0 Å². The predicted octanol–water partition coefficient (Wildman–Crippen LogP) is 3.24. The van der Waals surface area contributed by atoms with Gasteiger partial charge < -0.3 is 10.6 Å². The second kappa shape index (κ2) is 6.17. The summed E-state index contributed by atoms with van der Waals surface area (Å²) in [4.78, 5) is 15.3. The molecule has 0 spiro atoms. The molecule has 1 aliphatic rings. The van der Waals surface area contributed by atoms with Crippen LogP contribution in [0.5, 0.6) is 0 Å². The summed E-state index contributed by atoms with van der Waals surface area (Å²) in [6, 6.07) is 2.61. The minimum absolute atomic E-state index is 0.153. The first kappa shape index (κ1) is 14.0. The van der Waals surface area contributed by atoms with Crippen molar-refractivity contribution in [2.24, 2.45) is 5.73 Å². The Morgan fingerprint density at radius 3 is 2.67 bits per heavy atom. The number of thiophene rings is 1. The number of nitrogens with two attached hydrogens (primary N) is 1. The van der Waals surface area contributed by atoms with Crippen molar-refractivity contribution in [2.75, 3.05) is 6.54 Å². The second-order valence-corrected chi connectivity index (χ2v) is 6.53. The highest BCUT2D eigenvalue weighted by atomic mass is 79.9. The number of carbonyl (C=O) groups excluding carboxylic acids is 1. The first-order valence-electron chi connectivity index (χ1n) is 6.43. The van der Waals surface area contributed by atoms with Gasteiger partial charge in [0.1, 0.15) is 4.88 Å². The fraction of sp³-hybridized carbons (Fsp3) is 0.615. The number of halogens is 1. The van der Waals surface area contributed by atoms with Gasteiger partial charge in [0.05, 0.1) is 0 Å². The van der Waals surface area contributed by atoms with E-state index in [2.05, 4.69) is 15.9 Å². The maximum Gasteiger partial charge on any atom is 0.265 e. The van der Waals surface area contributed by atoms with Crippen LogP contribution in [0.15, 0.2) is 15.9 Å². The Labute approximate surface area is 120 Å². The SMILES string of the molecule is CCN(C(=O)c1sccc1Br)C1CCC(N)CC1. The summed E-state index contributed by atoms with van der Waals surface area (Å²) < 4.78 is 0.906. The lowest BCUT2D eigenvalue weighted by molar-refractivity contribution is 0.0645. The summed E-state index contributed by atoms with van der Waals surface area (Å²) in [5.74, 6) is 0.153.